The molecule has 0 aliphatic carbocycles. The third kappa shape index (κ3) is 3.75. The van der Waals surface area contributed by atoms with Crippen molar-refractivity contribution in [1.29, 1.82) is 0 Å². The first-order valence-electron chi connectivity index (χ1n) is 7.22. The van der Waals surface area contributed by atoms with Crippen molar-refractivity contribution in [3.05, 3.63) is 62.8 Å². The van der Waals surface area contributed by atoms with Crippen molar-refractivity contribution < 1.29 is 4.74 Å². The number of para-hydroxylation sites is 1. The minimum atomic E-state index is 0.474. The molecule has 1 N–H and O–H groups in total. The summed E-state index contributed by atoms with van der Waals surface area (Å²) in [6.45, 7) is 2.57. The molecule has 3 rings (SSSR count). The molecule has 0 fully saturated rings. The molecule has 0 aliphatic rings. The first-order valence-corrected chi connectivity index (χ1v) is 8.51. The van der Waals surface area contributed by atoms with E-state index in [0.717, 1.165) is 17.1 Å². The summed E-state index contributed by atoms with van der Waals surface area (Å²) < 4.78 is 7.73. The van der Waals surface area contributed by atoms with Gasteiger partial charge in [-0.1, -0.05) is 18.2 Å². The lowest BCUT2D eigenvalue weighted by atomic mass is 10.2. The Balaban J connectivity index is 1.88. The van der Waals surface area contributed by atoms with Crippen molar-refractivity contribution in [3.63, 3.8) is 0 Å². The smallest absolute Gasteiger partial charge is 0.216 e. The summed E-state index contributed by atoms with van der Waals surface area (Å²) in [5.74, 6) is 1.58. The number of nitrogens with zero attached hydrogens (tertiary/aromatic N) is 3. The highest BCUT2D eigenvalue weighted by Gasteiger charge is 2.07. The second-order valence-electron chi connectivity index (χ2n) is 4.73. The molecule has 0 saturated carbocycles. The number of hydrogen-bond acceptors (Lipinski definition) is 5. The van der Waals surface area contributed by atoms with E-state index < -0.39 is 0 Å². The number of rotatable bonds is 6. The fourth-order valence-electron chi connectivity index (χ4n) is 2.12. The minimum Gasteiger partial charge on any atom is -0.493 e. The second kappa shape index (κ2) is 7.34. The Morgan fingerprint density at radius 1 is 1.35 bits per heavy atom. The number of hydrogen-bond donors (Lipinski definition) is 1. The zero-order valence-corrected chi connectivity index (χ0v) is 14.2. The predicted molar refractivity (Wildman–Crippen MR) is 95.1 cm³/mol. The molecule has 0 atom stereocenters. The van der Waals surface area contributed by atoms with Gasteiger partial charge in [0.2, 0.25) is 4.77 Å². The normalized spacial score (nSPS) is 11.2. The highest BCUT2D eigenvalue weighted by atomic mass is 32.1. The molecular weight excluding hydrogens is 328 g/mol. The fraction of sp³-hybridized carbons (Fsp3) is 0.188. The van der Waals surface area contributed by atoms with Crippen LogP contribution in [-0.4, -0.2) is 27.7 Å². The van der Waals surface area contributed by atoms with Crippen LogP contribution in [0, 0.1) is 4.77 Å². The molecule has 0 bridgehead atoms. The number of aromatic nitrogens is 3. The molecule has 0 radical (unpaired) electrons. The zero-order valence-electron chi connectivity index (χ0n) is 12.6. The second-order valence-corrected chi connectivity index (χ2v) is 6.15. The molecule has 2 aromatic heterocycles. The maximum atomic E-state index is 5.60. The average molecular weight is 344 g/mol. The van der Waals surface area contributed by atoms with Crippen molar-refractivity contribution in [2.24, 2.45) is 5.10 Å². The SMILES string of the molecule is CCOc1ccccc1/C=N\n1c(Cc2cccs2)n[nH]c1=S. The van der Waals surface area contributed by atoms with E-state index in [0.29, 0.717) is 17.8 Å². The lowest BCUT2D eigenvalue weighted by Crippen LogP contribution is -2.01. The summed E-state index contributed by atoms with van der Waals surface area (Å²) in [7, 11) is 0. The third-order valence-corrected chi connectivity index (χ3v) is 4.30. The van der Waals surface area contributed by atoms with Gasteiger partial charge in [0.25, 0.3) is 0 Å². The maximum Gasteiger partial charge on any atom is 0.216 e. The summed E-state index contributed by atoms with van der Waals surface area (Å²) in [5, 5.41) is 13.6. The summed E-state index contributed by atoms with van der Waals surface area (Å²) in [6.07, 6.45) is 2.43. The number of H-pyrrole nitrogens is 1. The molecule has 5 nitrogen and oxygen atoms in total. The summed E-state index contributed by atoms with van der Waals surface area (Å²) >= 11 is 6.96. The van der Waals surface area contributed by atoms with Crippen molar-refractivity contribution in [3.8, 4) is 5.75 Å². The van der Waals surface area contributed by atoms with Crippen molar-refractivity contribution in [1.82, 2.24) is 14.9 Å². The van der Waals surface area contributed by atoms with Gasteiger partial charge in [-0.2, -0.15) is 14.9 Å². The first-order chi connectivity index (χ1) is 11.3. The van der Waals surface area contributed by atoms with Crippen LogP contribution in [0.3, 0.4) is 0 Å². The van der Waals surface area contributed by atoms with Gasteiger partial charge in [0.15, 0.2) is 5.82 Å². The Morgan fingerprint density at radius 2 is 2.22 bits per heavy atom. The number of ether oxygens (including phenoxy) is 1. The molecule has 23 heavy (non-hydrogen) atoms. The third-order valence-electron chi connectivity index (χ3n) is 3.16. The Hall–Kier alpha value is -2.25. The Kier molecular flexibility index (Phi) is 4.99. The number of aromatic amines is 1. The largest absolute Gasteiger partial charge is 0.493 e. The minimum absolute atomic E-state index is 0.474. The molecule has 2 heterocycles. The highest BCUT2D eigenvalue weighted by Crippen LogP contribution is 2.17. The van der Waals surface area contributed by atoms with Gasteiger partial charge in [-0.05, 0) is 42.7 Å². The van der Waals surface area contributed by atoms with E-state index in [9.17, 15) is 0 Å². The van der Waals surface area contributed by atoms with Crippen LogP contribution < -0.4 is 4.74 Å². The van der Waals surface area contributed by atoms with E-state index in [1.807, 2.05) is 42.6 Å². The van der Waals surface area contributed by atoms with Gasteiger partial charge < -0.3 is 4.74 Å². The molecule has 1 aromatic carbocycles. The monoisotopic (exact) mass is 344 g/mol. The summed E-state index contributed by atoms with van der Waals surface area (Å²) in [4.78, 5) is 1.21. The first kappa shape index (κ1) is 15.6. The maximum absolute atomic E-state index is 5.60. The zero-order chi connectivity index (χ0) is 16.1. The van der Waals surface area contributed by atoms with Crippen LogP contribution in [0.25, 0.3) is 0 Å². The Bertz CT molecular complexity index is 849. The van der Waals surface area contributed by atoms with Crippen LogP contribution in [0.1, 0.15) is 23.2 Å². The molecule has 7 heteroatoms. The molecule has 0 amide bonds. The van der Waals surface area contributed by atoms with Gasteiger partial charge in [-0.15, -0.1) is 11.3 Å². The van der Waals surface area contributed by atoms with Gasteiger partial charge in [-0.25, -0.2) is 0 Å². The molecule has 118 valence electrons. The fourth-order valence-corrected chi connectivity index (χ4v) is 3.02. The van der Waals surface area contributed by atoms with E-state index in [1.165, 1.54) is 4.88 Å². The van der Waals surface area contributed by atoms with Gasteiger partial charge >= 0.3 is 0 Å². The van der Waals surface area contributed by atoms with Gasteiger partial charge in [-0.3, -0.25) is 5.10 Å². The van der Waals surface area contributed by atoms with Crippen LogP contribution in [0.4, 0.5) is 0 Å². The van der Waals surface area contributed by atoms with Crippen LogP contribution in [0.15, 0.2) is 46.9 Å². The van der Waals surface area contributed by atoms with Crippen molar-refractivity contribution >= 4 is 29.8 Å². The van der Waals surface area contributed by atoms with Crippen LogP contribution in [0.5, 0.6) is 5.75 Å². The van der Waals surface area contributed by atoms with Gasteiger partial charge in [0, 0.05) is 16.9 Å². The standard InChI is InChI=1S/C16H16N4OS2/c1-2-21-14-8-4-3-6-12(14)11-17-20-15(18-19-16(20)22)10-13-7-5-9-23-13/h3-9,11H,2,10H2,1H3,(H,19,22)/b17-11-. The van der Waals surface area contributed by atoms with Crippen molar-refractivity contribution in [2.45, 2.75) is 13.3 Å². The summed E-state index contributed by atoms with van der Waals surface area (Å²) in [5.41, 5.74) is 0.902. The molecule has 0 saturated heterocycles. The van der Waals surface area contributed by atoms with E-state index in [2.05, 4.69) is 21.4 Å². The molecule has 0 aliphatic heterocycles. The van der Waals surface area contributed by atoms with Gasteiger partial charge in [0.05, 0.1) is 12.8 Å². The van der Waals surface area contributed by atoms with Gasteiger partial charge in [0.1, 0.15) is 5.75 Å². The van der Waals surface area contributed by atoms with E-state index in [-0.39, 0.29) is 0 Å². The van der Waals surface area contributed by atoms with E-state index in [1.54, 1.807) is 22.2 Å². The summed E-state index contributed by atoms with van der Waals surface area (Å²) in [6, 6.07) is 11.9. The molecule has 0 spiro atoms. The van der Waals surface area contributed by atoms with Crippen LogP contribution >= 0.6 is 23.6 Å². The highest BCUT2D eigenvalue weighted by molar-refractivity contribution is 7.71. The topological polar surface area (TPSA) is 55.2 Å². The quantitative estimate of drug-likeness (QED) is 0.545. The van der Waals surface area contributed by atoms with Crippen LogP contribution in [-0.2, 0) is 6.42 Å². The van der Waals surface area contributed by atoms with Crippen LogP contribution in [0.2, 0.25) is 0 Å². The van der Waals surface area contributed by atoms with E-state index >= 15 is 0 Å². The number of thiophene rings is 1. The lowest BCUT2D eigenvalue weighted by Gasteiger charge is -2.06. The Morgan fingerprint density at radius 3 is 3.00 bits per heavy atom. The lowest BCUT2D eigenvalue weighted by molar-refractivity contribution is 0.340. The number of nitrogens with one attached hydrogen (secondary N) is 1. The number of benzene rings is 1. The van der Waals surface area contributed by atoms with E-state index in [4.69, 9.17) is 17.0 Å². The predicted octanol–water partition coefficient (Wildman–Crippen LogP) is 3.87. The Labute approximate surface area is 143 Å². The molecule has 0 unspecified atom stereocenters. The van der Waals surface area contributed by atoms with Crippen molar-refractivity contribution in [2.75, 3.05) is 6.61 Å². The average Bonchev–Trinajstić information content (AvgIpc) is 3.18. The molecular formula is C16H16N4OS2. The molecule has 3 aromatic rings.